The van der Waals surface area contributed by atoms with Crippen LogP contribution in [-0.4, -0.2) is 37.8 Å². The van der Waals surface area contributed by atoms with E-state index in [4.69, 9.17) is 5.73 Å². The number of aliphatic hydroxyl groups is 1. The minimum atomic E-state index is -0.171. The molecule has 2 atom stereocenters. The molecule has 1 saturated carbocycles. The molecule has 0 bridgehead atoms. The van der Waals surface area contributed by atoms with Gasteiger partial charge in [-0.3, -0.25) is 4.57 Å². The van der Waals surface area contributed by atoms with Crippen molar-refractivity contribution in [2.45, 2.75) is 49.2 Å². The number of aliphatic hydroxyl groups excluding tert-OH is 1. The zero-order chi connectivity index (χ0) is 13.3. The van der Waals surface area contributed by atoms with E-state index in [2.05, 4.69) is 10.2 Å². The second-order valence-corrected chi connectivity index (χ2v) is 6.28. The highest BCUT2D eigenvalue weighted by Gasteiger charge is 2.31. The lowest BCUT2D eigenvalue weighted by Gasteiger charge is -2.24. The van der Waals surface area contributed by atoms with Gasteiger partial charge in [-0.05, 0) is 18.8 Å². The van der Waals surface area contributed by atoms with Gasteiger partial charge in [0.05, 0.1) is 11.9 Å². The van der Waals surface area contributed by atoms with Crippen molar-refractivity contribution in [1.82, 2.24) is 14.8 Å². The molecule has 1 aromatic rings. The van der Waals surface area contributed by atoms with E-state index in [1.165, 1.54) is 11.8 Å². The van der Waals surface area contributed by atoms with Crippen LogP contribution >= 0.6 is 11.8 Å². The van der Waals surface area contributed by atoms with Crippen LogP contribution in [0.15, 0.2) is 9.95 Å². The van der Waals surface area contributed by atoms with Crippen molar-refractivity contribution in [3.63, 3.8) is 0 Å². The van der Waals surface area contributed by atoms with Crippen molar-refractivity contribution >= 4 is 11.8 Å². The maximum Gasteiger partial charge on any atom is 0.344 e. The van der Waals surface area contributed by atoms with Crippen LogP contribution in [0.2, 0.25) is 0 Å². The van der Waals surface area contributed by atoms with Gasteiger partial charge in [0.25, 0.3) is 0 Å². The summed E-state index contributed by atoms with van der Waals surface area (Å²) in [6.45, 7) is 4.02. The minimum absolute atomic E-state index is 0.0181. The standard InChI is InChI=1S/C11H20N4O2S/c1-6(2)9(12)8(5-16)18-11-14-13-10(17)15(11)7-3-4-7/h6-9,16H,3-5,12H2,1-2H3,(H,13,17). The fraction of sp³-hybridized carbons (Fsp3) is 0.818. The molecule has 2 unspecified atom stereocenters. The largest absolute Gasteiger partial charge is 0.395 e. The molecule has 1 aromatic heterocycles. The van der Waals surface area contributed by atoms with Crippen molar-refractivity contribution in [3.8, 4) is 0 Å². The van der Waals surface area contributed by atoms with Crippen LogP contribution in [0, 0.1) is 5.92 Å². The number of thioether (sulfide) groups is 1. The van der Waals surface area contributed by atoms with E-state index in [-0.39, 0.29) is 35.5 Å². The highest BCUT2D eigenvalue weighted by Crippen LogP contribution is 2.37. The Bertz CT molecular complexity index is 452. The fourth-order valence-corrected chi connectivity index (χ4v) is 3.09. The van der Waals surface area contributed by atoms with Gasteiger partial charge < -0.3 is 10.8 Å². The van der Waals surface area contributed by atoms with Gasteiger partial charge in [0, 0.05) is 12.1 Å². The van der Waals surface area contributed by atoms with E-state index < -0.39 is 0 Å². The molecule has 18 heavy (non-hydrogen) atoms. The lowest BCUT2D eigenvalue weighted by Crippen LogP contribution is -2.39. The van der Waals surface area contributed by atoms with E-state index in [9.17, 15) is 9.90 Å². The number of aromatic amines is 1. The summed E-state index contributed by atoms with van der Waals surface area (Å²) in [5.74, 6) is 0.273. The molecule has 6 nitrogen and oxygen atoms in total. The number of rotatable bonds is 6. The summed E-state index contributed by atoms with van der Waals surface area (Å²) in [7, 11) is 0. The van der Waals surface area contributed by atoms with Crippen LogP contribution in [-0.2, 0) is 0 Å². The zero-order valence-electron chi connectivity index (χ0n) is 10.7. The first kappa shape index (κ1) is 13.6. The van der Waals surface area contributed by atoms with Crippen molar-refractivity contribution < 1.29 is 5.11 Å². The van der Waals surface area contributed by atoms with E-state index in [1.807, 2.05) is 13.8 Å². The molecule has 4 N–H and O–H groups in total. The van der Waals surface area contributed by atoms with Crippen molar-refractivity contribution in [2.75, 3.05) is 6.61 Å². The Hall–Kier alpha value is -0.790. The molecule has 0 spiro atoms. The third kappa shape index (κ3) is 2.78. The molecule has 0 amide bonds. The Morgan fingerprint density at radius 1 is 1.61 bits per heavy atom. The lowest BCUT2D eigenvalue weighted by atomic mass is 10.0. The van der Waals surface area contributed by atoms with Gasteiger partial charge >= 0.3 is 5.69 Å². The fourth-order valence-electron chi connectivity index (χ4n) is 1.83. The molecule has 1 fully saturated rings. The van der Waals surface area contributed by atoms with Crippen molar-refractivity contribution in [1.29, 1.82) is 0 Å². The second kappa shape index (κ2) is 5.46. The highest BCUT2D eigenvalue weighted by molar-refractivity contribution is 7.99. The summed E-state index contributed by atoms with van der Waals surface area (Å²) in [4.78, 5) is 11.6. The summed E-state index contributed by atoms with van der Waals surface area (Å²) >= 11 is 1.39. The first-order valence-corrected chi connectivity index (χ1v) is 7.12. The number of H-pyrrole nitrogens is 1. The van der Waals surface area contributed by atoms with E-state index in [1.54, 1.807) is 4.57 Å². The third-order valence-electron chi connectivity index (χ3n) is 3.22. The van der Waals surface area contributed by atoms with Crippen LogP contribution < -0.4 is 11.4 Å². The van der Waals surface area contributed by atoms with Gasteiger partial charge in [-0.2, -0.15) is 0 Å². The summed E-state index contributed by atoms with van der Waals surface area (Å²) < 4.78 is 1.68. The van der Waals surface area contributed by atoms with Crippen molar-refractivity contribution in [3.05, 3.63) is 10.5 Å². The molecule has 0 aromatic carbocycles. The number of aromatic nitrogens is 3. The predicted molar refractivity (Wildman–Crippen MR) is 70.7 cm³/mol. The summed E-state index contributed by atoms with van der Waals surface area (Å²) in [6, 6.07) is 0.146. The number of hydrogen-bond acceptors (Lipinski definition) is 5. The van der Waals surface area contributed by atoms with Crippen molar-refractivity contribution in [2.24, 2.45) is 11.7 Å². The Morgan fingerprint density at radius 3 is 2.78 bits per heavy atom. The molecule has 2 rings (SSSR count). The maximum absolute atomic E-state index is 11.6. The predicted octanol–water partition coefficient (Wildman–Crippen LogP) is 0.343. The Kier molecular flexibility index (Phi) is 4.14. The van der Waals surface area contributed by atoms with Gasteiger partial charge in [0.1, 0.15) is 0 Å². The Morgan fingerprint density at radius 2 is 2.28 bits per heavy atom. The number of nitrogens with two attached hydrogens (primary N) is 1. The first-order chi connectivity index (χ1) is 8.54. The third-order valence-corrected chi connectivity index (χ3v) is 4.48. The van der Waals surface area contributed by atoms with Gasteiger partial charge in [0.2, 0.25) is 0 Å². The van der Waals surface area contributed by atoms with Crippen LogP contribution in [0.1, 0.15) is 32.7 Å². The van der Waals surface area contributed by atoms with E-state index >= 15 is 0 Å². The SMILES string of the molecule is CC(C)C(N)C(CO)Sc1n[nH]c(=O)n1C1CC1. The molecule has 7 heteroatoms. The molecule has 1 heterocycles. The van der Waals surface area contributed by atoms with Gasteiger partial charge in [-0.1, -0.05) is 25.6 Å². The molecule has 102 valence electrons. The molecule has 1 aliphatic rings. The number of nitrogens with zero attached hydrogens (tertiary/aromatic N) is 2. The quantitative estimate of drug-likeness (QED) is 0.649. The Labute approximate surface area is 110 Å². The van der Waals surface area contributed by atoms with Crippen LogP contribution in [0.25, 0.3) is 0 Å². The first-order valence-electron chi connectivity index (χ1n) is 6.24. The topological polar surface area (TPSA) is 96.9 Å². The summed E-state index contributed by atoms with van der Waals surface area (Å²) in [5.41, 5.74) is 5.89. The van der Waals surface area contributed by atoms with Crippen LogP contribution in [0.3, 0.4) is 0 Å². The number of nitrogens with one attached hydrogen (secondary N) is 1. The van der Waals surface area contributed by atoms with Crippen LogP contribution in [0.5, 0.6) is 0 Å². The highest BCUT2D eigenvalue weighted by atomic mass is 32.2. The van der Waals surface area contributed by atoms with Gasteiger partial charge in [-0.25, -0.2) is 9.89 Å². The van der Waals surface area contributed by atoms with E-state index in [0.29, 0.717) is 5.16 Å². The second-order valence-electron chi connectivity index (χ2n) is 5.07. The molecular weight excluding hydrogens is 252 g/mol. The summed E-state index contributed by atoms with van der Waals surface area (Å²) in [6.07, 6.45) is 2.04. The normalized spacial score (nSPS) is 19.2. The van der Waals surface area contributed by atoms with E-state index in [0.717, 1.165) is 12.8 Å². The summed E-state index contributed by atoms with van der Waals surface area (Å²) in [5, 5.41) is 16.4. The van der Waals surface area contributed by atoms with Crippen LogP contribution in [0.4, 0.5) is 0 Å². The molecule has 0 aliphatic heterocycles. The van der Waals surface area contributed by atoms with Gasteiger partial charge in [0.15, 0.2) is 5.16 Å². The average molecular weight is 272 g/mol. The Balaban J connectivity index is 2.14. The molecule has 1 aliphatic carbocycles. The lowest BCUT2D eigenvalue weighted by molar-refractivity contribution is 0.269. The minimum Gasteiger partial charge on any atom is -0.395 e. The smallest absolute Gasteiger partial charge is 0.344 e. The van der Waals surface area contributed by atoms with Gasteiger partial charge in [-0.15, -0.1) is 5.10 Å². The molecule has 0 saturated heterocycles. The average Bonchev–Trinajstić information content (AvgIpc) is 3.10. The number of hydrogen-bond donors (Lipinski definition) is 3. The molecular formula is C11H20N4O2S. The molecule has 0 radical (unpaired) electrons. The monoisotopic (exact) mass is 272 g/mol. The zero-order valence-corrected chi connectivity index (χ0v) is 11.5. The maximum atomic E-state index is 11.6.